The van der Waals surface area contributed by atoms with Gasteiger partial charge >= 0.3 is 14.7 Å². The van der Waals surface area contributed by atoms with Gasteiger partial charge in [0.25, 0.3) is 0 Å². The van der Waals surface area contributed by atoms with Crippen LogP contribution in [0.3, 0.4) is 0 Å². The maximum atomic E-state index is 12.5. The van der Waals surface area contributed by atoms with Crippen molar-refractivity contribution in [2.75, 3.05) is 25.0 Å². The molecule has 2 rings (SSSR count). The van der Waals surface area contributed by atoms with Gasteiger partial charge in [0.15, 0.2) is 0 Å². The Morgan fingerprint density at radius 1 is 1.25 bits per heavy atom. The second kappa shape index (κ2) is 9.75. The van der Waals surface area contributed by atoms with E-state index in [1.165, 1.54) is 12.1 Å². The fourth-order valence-electron chi connectivity index (χ4n) is 3.25. The number of nitrogens with one attached hydrogen (secondary N) is 2. The number of halogens is 3. The van der Waals surface area contributed by atoms with Crippen LogP contribution < -0.4 is 10.6 Å². The van der Waals surface area contributed by atoms with Crippen LogP contribution in [0, 0.1) is 5.92 Å². The van der Waals surface area contributed by atoms with Crippen molar-refractivity contribution in [1.82, 2.24) is 5.32 Å². The molecule has 3 unspecified atom stereocenters. The standard InChI is InChI=1S/C19H29F3N2O3Si/c1-14-11-15(2)27-28(3,26-13-14)10-4-9-23-18(25)12-24-17-7-5-16(6-8-17)19(20,21)22/h5-8,14-15,24H,4,9-13H2,1-3H3,(H,23,25). The lowest BCUT2D eigenvalue weighted by Crippen LogP contribution is -2.41. The van der Waals surface area contributed by atoms with Gasteiger partial charge in [0.05, 0.1) is 12.1 Å². The predicted molar refractivity (Wildman–Crippen MR) is 104 cm³/mol. The van der Waals surface area contributed by atoms with E-state index < -0.39 is 20.3 Å². The topological polar surface area (TPSA) is 59.6 Å². The number of benzene rings is 1. The van der Waals surface area contributed by atoms with Crippen LogP contribution in [0.5, 0.6) is 0 Å². The number of rotatable bonds is 7. The normalized spacial score (nSPS) is 25.8. The second-order valence-corrected chi connectivity index (χ2v) is 10.9. The molecule has 0 spiro atoms. The molecular weight excluding hydrogens is 389 g/mol. The Morgan fingerprint density at radius 2 is 1.93 bits per heavy atom. The number of anilines is 1. The minimum atomic E-state index is -4.36. The van der Waals surface area contributed by atoms with Crippen LogP contribution in [0.2, 0.25) is 12.6 Å². The van der Waals surface area contributed by atoms with Crippen LogP contribution in [0.25, 0.3) is 0 Å². The number of carbonyl (C=O) groups excluding carboxylic acids is 1. The third-order valence-electron chi connectivity index (χ3n) is 4.65. The molecule has 1 heterocycles. The molecule has 0 bridgehead atoms. The monoisotopic (exact) mass is 418 g/mol. The van der Waals surface area contributed by atoms with E-state index in [1.54, 1.807) is 0 Å². The molecule has 1 aliphatic heterocycles. The Labute approximate surface area is 165 Å². The van der Waals surface area contributed by atoms with Gasteiger partial charge in [-0.25, -0.2) is 0 Å². The summed E-state index contributed by atoms with van der Waals surface area (Å²) in [5.41, 5.74) is -0.252. The van der Waals surface area contributed by atoms with E-state index in [2.05, 4.69) is 31.0 Å². The number of carbonyl (C=O) groups is 1. The molecule has 3 atom stereocenters. The second-order valence-electron chi connectivity index (χ2n) is 7.60. The Bertz CT molecular complexity index is 642. The summed E-state index contributed by atoms with van der Waals surface area (Å²) in [6, 6.07) is 5.40. The largest absolute Gasteiger partial charge is 0.416 e. The highest BCUT2D eigenvalue weighted by Gasteiger charge is 2.36. The Kier molecular flexibility index (Phi) is 7.91. The molecule has 28 heavy (non-hydrogen) atoms. The zero-order valence-corrected chi connectivity index (χ0v) is 17.6. The first kappa shape index (κ1) is 22.7. The van der Waals surface area contributed by atoms with Crippen LogP contribution in [0.15, 0.2) is 24.3 Å². The lowest BCUT2D eigenvalue weighted by molar-refractivity contribution is -0.137. The lowest BCUT2D eigenvalue weighted by Gasteiger charge is -2.27. The van der Waals surface area contributed by atoms with E-state index in [0.717, 1.165) is 37.6 Å². The molecular formula is C19H29F3N2O3Si. The van der Waals surface area contributed by atoms with Gasteiger partial charge in [0.2, 0.25) is 5.91 Å². The van der Waals surface area contributed by atoms with E-state index in [1.807, 2.05) is 0 Å². The van der Waals surface area contributed by atoms with Crippen molar-refractivity contribution in [2.45, 2.75) is 51.6 Å². The van der Waals surface area contributed by atoms with Gasteiger partial charge in [-0.2, -0.15) is 13.2 Å². The van der Waals surface area contributed by atoms with Crippen molar-refractivity contribution in [3.05, 3.63) is 29.8 Å². The fraction of sp³-hybridized carbons (Fsp3) is 0.632. The molecule has 1 saturated heterocycles. The van der Waals surface area contributed by atoms with Gasteiger partial charge in [0.1, 0.15) is 0 Å². The lowest BCUT2D eigenvalue weighted by atomic mass is 10.1. The molecule has 0 saturated carbocycles. The van der Waals surface area contributed by atoms with Crippen molar-refractivity contribution >= 4 is 20.2 Å². The van der Waals surface area contributed by atoms with E-state index in [-0.39, 0.29) is 18.6 Å². The maximum absolute atomic E-state index is 12.5. The summed E-state index contributed by atoms with van der Waals surface area (Å²) in [5.74, 6) is 0.275. The van der Waals surface area contributed by atoms with Gasteiger partial charge in [-0.15, -0.1) is 0 Å². The van der Waals surface area contributed by atoms with Crippen LogP contribution in [0.4, 0.5) is 18.9 Å². The molecule has 1 amide bonds. The van der Waals surface area contributed by atoms with Gasteiger partial charge < -0.3 is 19.5 Å². The average Bonchev–Trinajstić information content (AvgIpc) is 2.74. The molecule has 1 aliphatic rings. The quantitative estimate of drug-likeness (QED) is 0.516. The van der Waals surface area contributed by atoms with Crippen LogP contribution in [0.1, 0.15) is 32.3 Å². The van der Waals surface area contributed by atoms with Gasteiger partial charge in [-0.1, -0.05) is 6.92 Å². The number of alkyl halides is 3. The van der Waals surface area contributed by atoms with E-state index in [0.29, 0.717) is 18.2 Å². The highest BCUT2D eigenvalue weighted by atomic mass is 28.4. The highest BCUT2D eigenvalue weighted by Crippen LogP contribution is 2.29. The van der Waals surface area contributed by atoms with Gasteiger partial charge in [-0.05, 0) is 62.5 Å². The first-order chi connectivity index (χ1) is 13.1. The highest BCUT2D eigenvalue weighted by molar-refractivity contribution is 6.66. The molecule has 9 heteroatoms. The molecule has 5 nitrogen and oxygen atoms in total. The first-order valence-corrected chi connectivity index (χ1v) is 12.1. The van der Waals surface area contributed by atoms with Crippen LogP contribution >= 0.6 is 0 Å². The fourth-order valence-corrected chi connectivity index (χ4v) is 5.98. The molecule has 0 aliphatic carbocycles. The molecule has 0 radical (unpaired) electrons. The summed E-state index contributed by atoms with van der Waals surface area (Å²) in [4.78, 5) is 11.9. The van der Waals surface area contributed by atoms with Crippen LogP contribution in [-0.4, -0.2) is 40.3 Å². The van der Waals surface area contributed by atoms with Crippen molar-refractivity contribution < 1.29 is 26.8 Å². The summed E-state index contributed by atoms with van der Waals surface area (Å²) in [5, 5.41) is 5.63. The van der Waals surface area contributed by atoms with Gasteiger partial charge in [-0.3, -0.25) is 4.79 Å². The third-order valence-corrected chi connectivity index (χ3v) is 7.59. The van der Waals surface area contributed by atoms with Crippen LogP contribution in [-0.2, 0) is 19.8 Å². The number of hydrogen-bond donors (Lipinski definition) is 2. The van der Waals surface area contributed by atoms with Crippen molar-refractivity contribution in [3.8, 4) is 0 Å². The number of amides is 1. The Morgan fingerprint density at radius 3 is 2.57 bits per heavy atom. The predicted octanol–water partition coefficient (Wildman–Crippen LogP) is 4.16. The molecule has 2 N–H and O–H groups in total. The number of hydrogen-bond acceptors (Lipinski definition) is 4. The molecule has 1 aromatic carbocycles. The van der Waals surface area contributed by atoms with Crippen molar-refractivity contribution in [2.24, 2.45) is 5.92 Å². The molecule has 158 valence electrons. The van der Waals surface area contributed by atoms with Gasteiger partial charge in [0, 0.05) is 24.9 Å². The van der Waals surface area contributed by atoms with Crippen molar-refractivity contribution in [3.63, 3.8) is 0 Å². The zero-order chi connectivity index (χ0) is 20.8. The Hall–Kier alpha value is -1.58. The zero-order valence-electron chi connectivity index (χ0n) is 16.6. The minimum Gasteiger partial charge on any atom is -0.394 e. The third kappa shape index (κ3) is 7.44. The van der Waals surface area contributed by atoms with E-state index >= 15 is 0 Å². The summed E-state index contributed by atoms with van der Waals surface area (Å²) in [6.07, 6.45) is -2.42. The van der Waals surface area contributed by atoms with E-state index in [4.69, 9.17) is 8.85 Å². The maximum Gasteiger partial charge on any atom is 0.416 e. The Balaban J connectivity index is 1.67. The summed E-state index contributed by atoms with van der Waals surface area (Å²) in [7, 11) is -2.21. The SMILES string of the molecule is CC1CO[Si](C)(CCCNC(=O)CNc2ccc(C(F)(F)F)cc2)OC(C)C1. The van der Waals surface area contributed by atoms with Crippen molar-refractivity contribution in [1.29, 1.82) is 0 Å². The molecule has 0 aromatic heterocycles. The minimum absolute atomic E-state index is 0.00160. The molecule has 1 fully saturated rings. The summed E-state index contributed by atoms with van der Waals surface area (Å²) in [6.45, 7) is 7.52. The molecule has 1 aromatic rings. The smallest absolute Gasteiger partial charge is 0.394 e. The van der Waals surface area contributed by atoms with E-state index in [9.17, 15) is 18.0 Å². The first-order valence-electron chi connectivity index (χ1n) is 9.57. The average molecular weight is 419 g/mol. The summed E-state index contributed by atoms with van der Waals surface area (Å²) < 4.78 is 49.8. The summed E-state index contributed by atoms with van der Waals surface area (Å²) >= 11 is 0.